The van der Waals surface area contributed by atoms with Crippen molar-refractivity contribution in [3.63, 3.8) is 0 Å². The number of imide groups is 1. The van der Waals surface area contributed by atoms with Crippen LogP contribution in [0, 0.1) is 0 Å². The van der Waals surface area contributed by atoms with E-state index in [1.54, 1.807) is 0 Å². The lowest BCUT2D eigenvalue weighted by Crippen LogP contribution is -2.35. The molecule has 2 aliphatic rings. The Morgan fingerprint density at radius 2 is 1.93 bits per heavy atom. The van der Waals surface area contributed by atoms with Gasteiger partial charge in [-0.05, 0) is 31.4 Å². The molecule has 3 rings (SSSR count). The number of benzene rings is 1. The average molecular weight is 435 g/mol. The Kier molecular flexibility index (Phi) is 5.76. The molecule has 1 aliphatic heterocycles. The van der Waals surface area contributed by atoms with Crippen LogP contribution >= 0.6 is 23.2 Å². The van der Waals surface area contributed by atoms with Gasteiger partial charge in [0.05, 0.1) is 15.6 Å². The van der Waals surface area contributed by atoms with E-state index in [0.717, 1.165) is 29.9 Å². The highest BCUT2D eigenvalue weighted by molar-refractivity contribution is 7.89. The highest BCUT2D eigenvalue weighted by Gasteiger charge is 2.31. The van der Waals surface area contributed by atoms with Crippen LogP contribution in [0.1, 0.15) is 36.0 Å². The fourth-order valence-corrected chi connectivity index (χ4v) is 4.73. The minimum absolute atomic E-state index is 0.111. The normalized spacial score (nSPS) is 17.3. The van der Waals surface area contributed by atoms with Crippen molar-refractivity contribution in [2.75, 3.05) is 13.2 Å². The second kappa shape index (κ2) is 7.75. The number of nitrogens with one attached hydrogen (secondary N) is 1. The Balaban J connectivity index is 1.75. The Hall–Kier alpha value is -1.68. The van der Waals surface area contributed by atoms with Crippen molar-refractivity contribution in [1.29, 1.82) is 0 Å². The summed E-state index contributed by atoms with van der Waals surface area (Å²) in [5.74, 6) is -1.95. The lowest BCUT2D eigenvalue weighted by molar-refractivity contribution is -0.143. The number of rotatable bonds is 6. The second-order valence-corrected chi connectivity index (χ2v) is 8.77. The van der Waals surface area contributed by atoms with Crippen molar-refractivity contribution >= 4 is 51.0 Å². The number of halogens is 2. The number of carbonyl (C=O) groups is 3. The van der Waals surface area contributed by atoms with Gasteiger partial charge in [0, 0.05) is 19.0 Å². The Morgan fingerprint density at radius 3 is 2.52 bits per heavy atom. The van der Waals surface area contributed by atoms with Crippen LogP contribution in [0.15, 0.2) is 17.0 Å². The number of hydrogen-bond donors (Lipinski definition) is 1. The first-order chi connectivity index (χ1) is 12.7. The molecule has 1 heterocycles. The van der Waals surface area contributed by atoms with Gasteiger partial charge in [-0.1, -0.05) is 23.2 Å². The fraction of sp³-hybridized carbons (Fsp3) is 0.438. The van der Waals surface area contributed by atoms with Crippen LogP contribution in [0.5, 0.6) is 0 Å². The molecule has 0 bridgehead atoms. The molecule has 0 atom stereocenters. The van der Waals surface area contributed by atoms with E-state index in [1.165, 1.54) is 0 Å². The van der Waals surface area contributed by atoms with Crippen LogP contribution in [-0.4, -0.2) is 50.3 Å². The summed E-state index contributed by atoms with van der Waals surface area (Å²) in [5, 5.41) is -0.247. The van der Waals surface area contributed by atoms with Crippen LogP contribution in [0.25, 0.3) is 0 Å². The van der Waals surface area contributed by atoms with Crippen LogP contribution in [0.2, 0.25) is 10.0 Å². The summed E-state index contributed by atoms with van der Waals surface area (Å²) in [7, 11) is -3.92. The molecule has 1 aromatic carbocycles. The number of carbonyl (C=O) groups excluding carboxylic acids is 3. The standard InChI is InChI=1S/C16H16Cl2N2O6S/c17-11-7-12(18)13(27(24,25)19-9-3-4-9)6-10(11)16(23)26-8-15(22)20-5-1-2-14(20)21/h6-7,9,19H,1-5,8H2. The van der Waals surface area contributed by atoms with Gasteiger partial charge < -0.3 is 4.74 Å². The number of amides is 2. The largest absolute Gasteiger partial charge is 0.452 e. The van der Waals surface area contributed by atoms with Gasteiger partial charge in [0.25, 0.3) is 5.91 Å². The third-order valence-corrected chi connectivity index (χ3v) is 6.43. The minimum atomic E-state index is -3.92. The first-order valence-electron chi connectivity index (χ1n) is 8.21. The number of esters is 1. The number of likely N-dealkylation sites (tertiary alicyclic amines) is 1. The van der Waals surface area contributed by atoms with E-state index in [4.69, 9.17) is 27.9 Å². The molecule has 1 aromatic rings. The molecule has 1 N–H and O–H groups in total. The summed E-state index contributed by atoms with van der Waals surface area (Å²) in [6, 6.07) is 2.00. The molecule has 146 valence electrons. The molecule has 0 unspecified atom stereocenters. The van der Waals surface area contributed by atoms with Gasteiger partial charge in [0.2, 0.25) is 15.9 Å². The lowest BCUT2D eigenvalue weighted by atomic mass is 10.2. The smallest absolute Gasteiger partial charge is 0.340 e. The van der Waals surface area contributed by atoms with E-state index in [1.807, 2.05) is 0 Å². The maximum absolute atomic E-state index is 12.4. The molecule has 0 radical (unpaired) electrons. The lowest BCUT2D eigenvalue weighted by Gasteiger charge is -2.14. The monoisotopic (exact) mass is 434 g/mol. The quantitative estimate of drug-likeness (QED) is 0.682. The minimum Gasteiger partial charge on any atom is -0.452 e. The third kappa shape index (κ3) is 4.60. The molecule has 1 saturated heterocycles. The van der Waals surface area contributed by atoms with E-state index in [2.05, 4.69) is 4.72 Å². The third-order valence-electron chi connectivity index (χ3n) is 4.13. The molecule has 0 aromatic heterocycles. The summed E-state index contributed by atoms with van der Waals surface area (Å²) >= 11 is 12.0. The van der Waals surface area contributed by atoms with Crippen molar-refractivity contribution in [3.8, 4) is 0 Å². The number of hydrogen-bond acceptors (Lipinski definition) is 6. The molecule has 27 heavy (non-hydrogen) atoms. The number of nitrogens with zero attached hydrogens (tertiary/aromatic N) is 1. The summed E-state index contributed by atoms with van der Waals surface area (Å²) in [6.07, 6.45) is 2.31. The first-order valence-corrected chi connectivity index (χ1v) is 10.4. The summed E-state index contributed by atoms with van der Waals surface area (Å²) in [4.78, 5) is 36.5. The highest BCUT2D eigenvalue weighted by atomic mass is 35.5. The van der Waals surface area contributed by atoms with E-state index in [0.29, 0.717) is 6.42 Å². The molecular weight excluding hydrogens is 419 g/mol. The molecule has 2 fully saturated rings. The molecular formula is C16H16Cl2N2O6S. The Morgan fingerprint density at radius 1 is 1.22 bits per heavy atom. The van der Waals surface area contributed by atoms with Gasteiger partial charge in [0.1, 0.15) is 4.90 Å². The number of ether oxygens (including phenoxy) is 1. The molecule has 0 spiro atoms. The van der Waals surface area contributed by atoms with Crippen molar-refractivity contribution in [2.24, 2.45) is 0 Å². The zero-order valence-electron chi connectivity index (χ0n) is 14.0. The Labute approximate surface area is 165 Å². The van der Waals surface area contributed by atoms with Crippen molar-refractivity contribution < 1.29 is 27.5 Å². The SMILES string of the molecule is O=C(OCC(=O)N1CCCC1=O)c1cc(S(=O)(=O)NC2CC2)c(Cl)cc1Cl. The molecule has 1 aliphatic carbocycles. The predicted octanol–water partition coefficient (Wildman–Crippen LogP) is 1.74. The Bertz CT molecular complexity index is 914. The van der Waals surface area contributed by atoms with Gasteiger partial charge >= 0.3 is 5.97 Å². The van der Waals surface area contributed by atoms with Crippen molar-refractivity contribution in [2.45, 2.75) is 36.6 Å². The van der Waals surface area contributed by atoms with Crippen LogP contribution < -0.4 is 4.72 Å². The zero-order chi connectivity index (χ0) is 19.8. The molecule has 2 amide bonds. The molecule has 1 saturated carbocycles. The van der Waals surface area contributed by atoms with Crippen LogP contribution in [0.3, 0.4) is 0 Å². The van der Waals surface area contributed by atoms with Crippen LogP contribution in [-0.2, 0) is 24.3 Å². The summed E-state index contributed by atoms with van der Waals surface area (Å²) in [5.41, 5.74) is -0.238. The highest BCUT2D eigenvalue weighted by Crippen LogP contribution is 2.31. The second-order valence-electron chi connectivity index (χ2n) is 6.28. The fourth-order valence-electron chi connectivity index (χ4n) is 2.57. The van der Waals surface area contributed by atoms with E-state index < -0.39 is 28.5 Å². The average Bonchev–Trinajstić information content (AvgIpc) is 3.28. The van der Waals surface area contributed by atoms with Gasteiger partial charge in [-0.3, -0.25) is 14.5 Å². The zero-order valence-corrected chi connectivity index (χ0v) is 16.4. The topological polar surface area (TPSA) is 110 Å². The summed E-state index contributed by atoms with van der Waals surface area (Å²) in [6.45, 7) is -0.363. The van der Waals surface area contributed by atoms with Crippen molar-refractivity contribution in [3.05, 3.63) is 27.7 Å². The van der Waals surface area contributed by atoms with Gasteiger partial charge in [0.15, 0.2) is 6.61 Å². The van der Waals surface area contributed by atoms with Crippen LogP contribution in [0.4, 0.5) is 0 Å². The molecule has 11 heteroatoms. The van der Waals surface area contributed by atoms with E-state index >= 15 is 0 Å². The van der Waals surface area contributed by atoms with E-state index in [9.17, 15) is 22.8 Å². The maximum atomic E-state index is 12.4. The number of sulfonamides is 1. The van der Waals surface area contributed by atoms with E-state index in [-0.39, 0.29) is 45.4 Å². The first kappa shape index (κ1) is 20.1. The maximum Gasteiger partial charge on any atom is 0.340 e. The van der Waals surface area contributed by atoms with Gasteiger partial charge in [-0.2, -0.15) is 0 Å². The van der Waals surface area contributed by atoms with Gasteiger partial charge in [-0.25, -0.2) is 17.9 Å². The predicted molar refractivity (Wildman–Crippen MR) is 96.0 cm³/mol. The molecule has 8 nitrogen and oxygen atoms in total. The summed E-state index contributed by atoms with van der Waals surface area (Å²) < 4.78 is 32.1. The van der Waals surface area contributed by atoms with Crippen molar-refractivity contribution in [1.82, 2.24) is 9.62 Å². The van der Waals surface area contributed by atoms with Gasteiger partial charge in [-0.15, -0.1) is 0 Å².